The fourth-order valence-electron chi connectivity index (χ4n) is 1.50. The average molecular weight is 345 g/mol. The molecule has 0 saturated heterocycles. The van der Waals surface area contributed by atoms with Crippen LogP contribution in [0.15, 0.2) is 34.1 Å². The van der Waals surface area contributed by atoms with Crippen molar-refractivity contribution in [2.24, 2.45) is 0 Å². The van der Waals surface area contributed by atoms with E-state index in [-0.39, 0.29) is 5.91 Å². The van der Waals surface area contributed by atoms with Gasteiger partial charge in [-0.15, -0.1) is 11.3 Å². The molecule has 1 amide bonds. The lowest BCUT2D eigenvalue weighted by Crippen LogP contribution is -2.22. The lowest BCUT2D eigenvalue weighted by molar-refractivity contribution is 0.0951. The van der Waals surface area contributed by atoms with Gasteiger partial charge in [0.05, 0.1) is 6.54 Å². The van der Waals surface area contributed by atoms with E-state index in [1.165, 1.54) is 0 Å². The van der Waals surface area contributed by atoms with Crippen LogP contribution in [0.2, 0.25) is 5.02 Å². The van der Waals surface area contributed by atoms with E-state index in [9.17, 15) is 4.79 Å². The van der Waals surface area contributed by atoms with Crippen molar-refractivity contribution in [3.63, 3.8) is 0 Å². The van der Waals surface area contributed by atoms with Crippen molar-refractivity contribution in [3.8, 4) is 0 Å². The Bertz CT molecular complexity index is 582. The molecule has 0 spiro atoms. The standard InChI is InChI=1S/C13H11BrClNOS/c1-8-6-9(2-3-11(8)15)13(17)16-7-12-10(14)4-5-18-12/h2-6H,7H2,1H3,(H,16,17). The van der Waals surface area contributed by atoms with Gasteiger partial charge in [-0.3, -0.25) is 4.79 Å². The first-order valence-electron chi connectivity index (χ1n) is 5.34. The van der Waals surface area contributed by atoms with Gasteiger partial charge in [0.15, 0.2) is 0 Å². The van der Waals surface area contributed by atoms with Gasteiger partial charge in [-0.25, -0.2) is 0 Å². The molecule has 0 atom stereocenters. The number of halogens is 2. The van der Waals surface area contributed by atoms with Gasteiger partial charge >= 0.3 is 0 Å². The first-order chi connectivity index (χ1) is 8.58. The van der Waals surface area contributed by atoms with Crippen LogP contribution in [0.25, 0.3) is 0 Å². The van der Waals surface area contributed by atoms with Crippen molar-refractivity contribution in [1.29, 1.82) is 0 Å². The Balaban J connectivity index is 2.04. The molecule has 1 aromatic carbocycles. The molecular formula is C13H11BrClNOS. The second-order valence-electron chi connectivity index (χ2n) is 3.84. The van der Waals surface area contributed by atoms with E-state index in [1.54, 1.807) is 29.5 Å². The molecule has 2 rings (SSSR count). The van der Waals surface area contributed by atoms with Crippen LogP contribution in [0, 0.1) is 6.92 Å². The molecule has 2 nitrogen and oxygen atoms in total. The Hall–Kier alpha value is -0.840. The summed E-state index contributed by atoms with van der Waals surface area (Å²) in [5.74, 6) is -0.0879. The summed E-state index contributed by atoms with van der Waals surface area (Å²) in [6.07, 6.45) is 0. The number of benzene rings is 1. The average Bonchev–Trinajstić information content (AvgIpc) is 2.75. The lowest BCUT2D eigenvalue weighted by atomic mass is 10.1. The highest BCUT2D eigenvalue weighted by molar-refractivity contribution is 9.10. The van der Waals surface area contributed by atoms with Crippen LogP contribution in [0.5, 0.6) is 0 Å². The van der Waals surface area contributed by atoms with Crippen LogP contribution in [0.3, 0.4) is 0 Å². The molecule has 0 aliphatic carbocycles. The van der Waals surface area contributed by atoms with Gasteiger partial charge in [-0.1, -0.05) is 11.6 Å². The largest absolute Gasteiger partial charge is 0.347 e. The maximum atomic E-state index is 11.9. The molecule has 1 heterocycles. The van der Waals surface area contributed by atoms with E-state index < -0.39 is 0 Å². The molecule has 0 aliphatic heterocycles. The van der Waals surface area contributed by atoms with E-state index in [1.807, 2.05) is 18.4 Å². The number of nitrogens with one attached hydrogen (secondary N) is 1. The Labute approximate surface area is 123 Å². The molecule has 0 unspecified atom stereocenters. The molecule has 2 aromatic rings. The third-order valence-corrected chi connectivity index (χ3v) is 4.87. The van der Waals surface area contributed by atoms with Crippen molar-refractivity contribution >= 4 is 44.8 Å². The van der Waals surface area contributed by atoms with Gasteiger partial charge in [0, 0.05) is 19.9 Å². The molecule has 94 valence electrons. The normalized spacial score (nSPS) is 10.4. The van der Waals surface area contributed by atoms with E-state index in [4.69, 9.17) is 11.6 Å². The first-order valence-corrected chi connectivity index (χ1v) is 7.39. The Morgan fingerprint density at radius 1 is 1.44 bits per heavy atom. The van der Waals surface area contributed by atoms with Gasteiger partial charge < -0.3 is 5.32 Å². The minimum Gasteiger partial charge on any atom is -0.347 e. The van der Waals surface area contributed by atoms with E-state index in [2.05, 4.69) is 21.2 Å². The van der Waals surface area contributed by atoms with Gasteiger partial charge in [0.2, 0.25) is 0 Å². The zero-order valence-corrected chi connectivity index (χ0v) is 12.8. The summed E-state index contributed by atoms with van der Waals surface area (Å²) in [7, 11) is 0. The highest BCUT2D eigenvalue weighted by atomic mass is 79.9. The van der Waals surface area contributed by atoms with Crippen LogP contribution in [0.1, 0.15) is 20.8 Å². The Kier molecular flexibility index (Phi) is 4.43. The zero-order chi connectivity index (χ0) is 13.1. The van der Waals surface area contributed by atoms with Crippen molar-refractivity contribution < 1.29 is 4.79 Å². The lowest BCUT2D eigenvalue weighted by Gasteiger charge is -2.06. The molecule has 1 N–H and O–H groups in total. The van der Waals surface area contributed by atoms with E-state index >= 15 is 0 Å². The molecule has 0 saturated carbocycles. The second-order valence-corrected chi connectivity index (χ2v) is 6.10. The monoisotopic (exact) mass is 343 g/mol. The number of carbonyl (C=O) groups excluding carboxylic acids is 1. The quantitative estimate of drug-likeness (QED) is 0.878. The fraction of sp³-hybridized carbons (Fsp3) is 0.154. The fourth-order valence-corrected chi connectivity index (χ4v) is 3.05. The minimum absolute atomic E-state index is 0.0879. The summed E-state index contributed by atoms with van der Waals surface area (Å²) in [4.78, 5) is 13.1. The molecule has 0 fully saturated rings. The number of aryl methyl sites for hydroxylation is 1. The minimum atomic E-state index is -0.0879. The van der Waals surface area contributed by atoms with Crippen LogP contribution >= 0.6 is 38.9 Å². The summed E-state index contributed by atoms with van der Waals surface area (Å²) in [6, 6.07) is 7.24. The molecule has 0 radical (unpaired) electrons. The molecule has 18 heavy (non-hydrogen) atoms. The summed E-state index contributed by atoms with van der Waals surface area (Å²) >= 11 is 11.0. The number of carbonyl (C=O) groups is 1. The number of thiophene rings is 1. The van der Waals surface area contributed by atoms with Crippen molar-refractivity contribution in [2.45, 2.75) is 13.5 Å². The summed E-state index contributed by atoms with van der Waals surface area (Å²) in [5.41, 5.74) is 1.53. The number of hydrogen-bond acceptors (Lipinski definition) is 2. The van der Waals surface area contributed by atoms with Crippen LogP contribution in [-0.4, -0.2) is 5.91 Å². The van der Waals surface area contributed by atoms with E-state index in [0.29, 0.717) is 17.1 Å². The number of rotatable bonds is 3. The zero-order valence-electron chi connectivity index (χ0n) is 9.67. The number of amides is 1. The summed E-state index contributed by atoms with van der Waals surface area (Å²) in [5, 5.41) is 5.55. The Morgan fingerprint density at radius 2 is 2.22 bits per heavy atom. The summed E-state index contributed by atoms with van der Waals surface area (Å²) < 4.78 is 1.03. The van der Waals surface area contributed by atoms with Gasteiger partial charge in [0.1, 0.15) is 0 Å². The van der Waals surface area contributed by atoms with Gasteiger partial charge in [-0.05, 0) is 58.1 Å². The van der Waals surface area contributed by atoms with Crippen molar-refractivity contribution in [1.82, 2.24) is 5.32 Å². The SMILES string of the molecule is Cc1cc(C(=O)NCc2sccc2Br)ccc1Cl. The summed E-state index contributed by atoms with van der Waals surface area (Å²) in [6.45, 7) is 2.41. The van der Waals surface area contributed by atoms with Crippen LogP contribution in [0.4, 0.5) is 0 Å². The molecular weight excluding hydrogens is 334 g/mol. The van der Waals surface area contributed by atoms with E-state index in [0.717, 1.165) is 14.9 Å². The predicted octanol–water partition coefficient (Wildman–Crippen LogP) is 4.40. The highest BCUT2D eigenvalue weighted by Gasteiger charge is 2.08. The van der Waals surface area contributed by atoms with Crippen LogP contribution in [-0.2, 0) is 6.54 Å². The van der Waals surface area contributed by atoms with Gasteiger partial charge in [0.25, 0.3) is 5.91 Å². The predicted molar refractivity (Wildman–Crippen MR) is 79.4 cm³/mol. The first kappa shape index (κ1) is 13.6. The maximum absolute atomic E-state index is 11.9. The smallest absolute Gasteiger partial charge is 0.251 e. The molecule has 1 aromatic heterocycles. The number of hydrogen-bond donors (Lipinski definition) is 1. The molecule has 5 heteroatoms. The molecule has 0 aliphatic rings. The van der Waals surface area contributed by atoms with Crippen LogP contribution < -0.4 is 5.32 Å². The third kappa shape index (κ3) is 3.13. The molecule has 0 bridgehead atoms. The topological polar surface area (TPSA) is 29.1 Å². The van der Waals surface area contributed by atoms with Crippen molar-refractivity contribution in [3.05, 3.63) is 55.1 Å². The van der Waals surface area contributed by atoms with Gasteiger partial charge in [-0.2, -0.15) is 0 Å². The second kappa shape index (κ2) is 5.87. The third-order valence-electron chi connectivity index (χ3n) is 2.52. The maximum Gasteiger partial charge on any atom is 0.251 e. The highest BCUT2D eigenvalue weighted by Crippen LogP contribution is 2.22. The van der Waals surface area contributed by atoms with Crippen molar-refractivity contribution in [2.75, 3.05) is 0 Å². The Morgan fingerprint density at radius 3 is 2.83 bits per heavy atom.